The highest BCUT2D eigenvalue weighted by Crippen LogP contribution is 2.15. The summed E-state index contributed by atoms with van der Waals surface area (Å²) < 4.78 is 6.27. The Morgan fingerprint density at radius 2 is 2.50 bits per heavy atom. The van der Waals surface area contributed by atoms with Crippen molar-refractivity contribution in [3.05, 3.63) is 19.9 Å². The fourth-order valence-corrected chi connectivity index (χ4v) is 2.26. The van der Waals surface area contributed by atoms with Gasteiger partial charge in [0.1, 0.15) is 0 Å². The van der Waals surface area contributed by atoms with Crippen molar-refractivity contribution in [2.75, 3.05) is 20.3 Å². The Labute approximate surface area is 90.5 Å². The molecule has 0 aliphatic carbocycles. The molecule has 12 heavy (non-hydrogen) atoms. The summed E-state index contributed by atoms with van der Waals surface area (Å²) in [6, 6.07) is 2.20. The standard InChI is InChI=1S/C8H12INOS/c1-11-3-2-10-5-7-4-8(9)12-6-7/h4,6,10H,2-3,5H2,1H3. The lowest BCUT2D eigenvalue weighted by molar-refractivity contribution is 0.199. The number of halogens is 1. The van der Waals surface area contributed by atoms with E-state index in [1.165, 1.54) is 8.45 Å². The SMILES string of the molecule is COCCNCc1csc(I)c1. The molecule has 1 N–H and O–H groups in total. The number of ether oxygens (including phenoxy) is 1. The Kier molecular flexibility index (Phi) is 5.13. The van der Waals surface area contributed by atoms with Crippen LogP contribution in [0.2, 0.25) is 0 Å². The highest BCUT2D eigenvalue weighted by molar-refractivity contribution is 14.1. The highest BCUT2D eigenvalue weighted by Gasteiger charge is 1.95. The van der Waals surface area contributed by atoms with E-state index in [1.54, 1.807) is 18.4 Å². The van der Waals surface area contributed by atoms with Crippen molar-refractivity contribution in [3.8, 4) is 0 Å². The molecule has 0 saturated carbocycles. The molecule has 1 aromatic rings. The molecule has 1 rings (SSSR count). The molecule has 1 aromatic heterocycles. The Morgan fingerprint density at radius 3 is 3.08 bits per heavy atom. The van der Waals surface area contributed by atoms with Crippen LogP contribution >= 0.6 is 33.9 Å². The molecule has 1 heterocycles. The Bertz CT molecular complexity index is 227. The largest absolute Gasteiger partial charge is 0.383 e. The summed E-state index contributed by atoms with van der Waals surface area (Å²) in [5, 5.41) is 5.48. The second-order valence-corrected chi connectivity index (χ2v) is 5.23. The van der Waals surface area contributed by atoms with Crippen molar-refractivity contribution >= 4 is 33.9 Å². The lowest BCUT2D eigenvalue weighted by atomic mass is 10.3. The first-order valence-corrected chi connectivity index (χ1v) is 5.71. The lowest BCUT2D eigenvalue weighted by Gasteiger charge is -2.00. The minimum Gasteiger partial charge on any atom is -0.383 e. The van der Waals surface area contributed by atoms with Gasteiger partial charge in [-0.25, -0.2) is 0 Å². The van der Waals surface area contributed by atoms with Crippen LogP contribution in [0.5, 0.6) is 0 Å². The van der Waals surface area contributed by atoms with Gasteiger partial charge >= 0.3 is 0 Å². The predicted molar refractivity (Wildman–Crippen MR) is 60.6 cm³/mol. The van der Waals surface area contributed by atoms with Gasteiger partial charge in [-0.3, -0.25) is 0 Å². The van der Waals surface area contributed by atoms with Crippen LogP contribution in [0.1, 0.15) is 5.56 Å². The van der Waals surface area contributed by atoms with E-state index in [1.807, 2.05) is 0 Å². The average Bonchev–Trinajstić information content (AvgIpc) is 2.45. The summed E-state index contributed by atoms with van der Waals surface area (Å²) in [4.78, 5) is 0. The molecule has 0 unspecified atom stereocenters. The molecular formula is C8H12INOS. The van der Waals surface area contributed by atoms with Gasteiger partial charge in [-0.05, 0) is 39.6 Å². The van der Waals surface area contributed by atoms with Crippen molar-refractivity contribution < 1.29 is 4.74 Å². The minimum atomic E-state index is 0.779. The van der Waals surface area contributed by atoms with Gasteiger partial charge in [0.15, 0.2) is 0 Å². The Balaban J connectivity index is 2.15. The van der Waals surface area contributed by atoms with E-state index in [-0.39, 0.29) is 0 Å². The van der Waals surface area contributed by atoms with Crippen molar-refractivity contribution in [2.45, 2.75) is 6.54 Å². The molecular weight excluding hydrogens is 285 g/mol. The molecule has 0 aliphatic heterocycles. The van der Waals surface area contributed by atoms with E-state index >= 15 is 0 Å². The summed E-state index contributed by atoms with van der Waals surface area (Å²) in [5.41, 5.74) is 1.36. The predicted octanol–water partition coefficient (Wildman–Crippen LogP) is 2.09. The van der Waals surface area contributed by atoms with Crippen LogP contribution in [0.3, 0.4) is 0 Å². The Morgan fingerprint density at radius 1 is 1.67 bits per heavy atom. The summed E-state index contributed by atoms with van der Waals surface area (Å²) in [5.74, 6) is 0. The van der Waals surface area contributed by atoms with Crippen molar-refractivity contribution in [3.63, 3.8) is 0 Å². The molecule has 0 radical (unpaired) electrons. The first kappa shape index (κ1) is 10.4. The summed E-state index contributed by atoms with van der Waals surface area (Å²) in [6.07, 6.45) is 0. The van der Waals surface area contributed by atoms with Crippen LogP contribution in [0.15, 0.2) is 11.4 Å². The number of methoxy groups -OCH3 is 1. The number of hydrogen-bond acceptors (Lipinski definition) is 3. The maximum absolute atomic E-state index is 4.92. The topological polar surface area (TPSA) is 21.3 Å². The molecule has 0 spiro atoms. The van der Waals surface area contributed by atoms with Crippen molar-refractivity contribution in [1.82, 2.24) is 5.32 Å². The van der Waals surface area contributed by atoms with Crippen LogP contribution in [-0.2, 0) is 11.3 Å². The van der Waals surface area contributed by atoms with Crippen LogP contribution in [0, 0.1) is 2.88 Å². The van der Waals surface area contributed by atoms with Gasteiger partial charge in [0, 0.05) is 20.2 Å². The molecule has 2 nitrogen and oxygen atoms in total. The van der Waals surface area contributed by atoms with Crippen LogP contribution < -0.4 is 5.32 Å². The van der Waals surface area contributed by atoms with Gasteiger partial charge < -0.3 is 10.1 Å². The van der Waals surface area contributed by atoms with Crippen LogP contribution in [0.4, 0.5) is 0 Å². The third-order valence-electron chi connectivity index (χ3n) is 1.43. The van der Waals surface area contributed by atoms with Gasteiger partial charge in [0.05, 0.1) is 9.49 Å². The molecule has 0 fully saturated rings. The molecule has 4 heteroatoms. The molecule has 68 valence electrons. The van der Waals surface area contributed by atoms with Crippen molar-refractivity contribution in [1.29, 1.82) is 0 Å². The van der Waals surface area contributed by atoms with Gasteiger partial charge in [-0.2, -0.15) is 0 Å². The molecule has 0 aliphatic rings. The average molecular weight is 297 g/mol. The summed E-state index contributed by atoms with van der Waals surface area (Å²) >= 11 is 4.12. The minimum absolute atomic E-state index is 0.779. The third-order valence-corrected chi connectivity index (χ3v) is 3.27. The van der Waals surface area contributed by atoms with E-state index in [0.717, 1.165) is 19.7 Å². The number of thiophene rings is 1. The zero-order valence-corrected chi connectivity index (χ0v) is 9.94. The molecule has 0 aromatic carbocycles. The quantitative estimate of drug-likeness (QED) is 0.664. The van der Waals surface area contributed by atoms with E-state index in [0.29, 0.717) is 0 Å². The molecule has 0 amide bonds. The monoisotopic (exact) mass is 297 g/mol. The molecule has 0 saturated heterocycles. The normalized spacial score (nSPS) is 10.5. The maximum atomic E-state index is 4.92. The second-order valence-electron chi connectivity index (χ2n) is 2.43. The van der Waals surface area contributed by atoms with Gasteiger partial charge in [-0.15, -0.1) is 11.3 Å². The zero-order valence-electron chi connectivity index (χ0n) is 6.97. The van der Waals surface area contributed by atoms with Gasteiger partial charge in [0.2, 0.25) is 0 Å². The fourth-order valence-electron chi connectivity index (χ4n) is 0.845. The molecule has 0 atom stereocenters. The van der Waals surface area contributed by atoms with Crippen molar-refractivity contribution in [2.24, 2.45) is 0 Å². The summed E-state index contributed by atoms with van der Waals surface area (Å²) in [7, 11) is 1.72. The summed E-state index contributed by atoms with van der Waals surface area (Å²) in [6.45, 7) is 2.65. The van der Waals surface area contributed by atoms with E-state index in [2.05, 4.69) is 39.4 Å². The smallest absolute Gasteiger partial charge is 0.0656 e. The van der Waals surface area contributed by atoms with E-state index in [9.17, 15) is 0 Å². The van der Waals surface area contributed by atoms with E-state index in [4.69, 9.17) is 4.74 Å². The van der Waals surface area contributed by atoms with Gasteiger partial charge in [-0.1, -0.05) is 0 Å². The number of nitrogens with one attached hydrogen (secondary N) is 1. The first-order chi connectivity index (χ1) is 5.83. The zero-order chi connectivity index (χ0) is 8.81. The van der Waals surface area contributed by atoms with Gasteiger partial charge in [0.25, 0.3) is 0 Å². The maximum Gasteiger partial charge on any atom is 0.0656 e. The Hall–Kier alpha value is 0.350. The second kappa shape index (κ2) is 5.90. The number of rotatable bonds is 5. The number of hydrogen-bond donors (Lipinski definition) is 1. The first-order valence-electron chi connectivity index (χ1n) is 3.75. The third kappa shape index (κ3) is 3.84. The highest BCUT2D eigenvalue weighted by atomic mass is 127. The van der Waals surface area contributed by atoms with Crippen LogP contribution in [-0.4, -0.2) is 20.3 Å². The lowest BCUT2D eigenvalue weighted by Crippen LogP contribution is -2.18. The van der Waals surface area contributed by atoms with Crippen LogP contribution in [0.25, 0.3) is 0 Å². The molecule has 0 bridgehead atoms. The fraction of sp³-hybridized carbons (Fsp3) is 0.500. The van der Waals surface area contributed by atoms with E-state index < -0.39 is 0 Å².